The van der Waals surface area contributed by atoms with E-state index in [2.05, 4.69) is 15.6 Å². The molecular weight excluding hydrogens is 730 g/mol. The van der Waals surface area contributed by atoms with E-state index in [1.165, 1.54) is 25.3 Å². The fraction of sp³-hybridized carbons (Fsp3) is 0.333. The van der Waals surface area contributed by atoms with Gasteiger partial charge in [0.25, 0.3) is 5.91 Å². The Morgan fingerprint density at radius 2 is 1.74 bits per heavy atom. The zero-order chi connectivity index (χ0) is 39.0. The maximum atomic E-state index is 15.0. The van der Waals surface area contributed by atoms with Gasteiger partial charge in [0.05, 0.1) is 43.3 Å². The second kappa shape index (κ2) is 17.3. The number of amides is 2. The van der Waals surface area contributed by atoms with Crippen molar-refractivity contribution in [2.24, 2.45) is 0 Å². The minimum Gasteiger partial charge on any atom is -0.467 e. The number of hydrogen-bond donors (Lipinski definition) is 4. The SMILES string of the molecule is COC(=O)C(C)(NC(=O)OCc1ccccc1)c1cc(-c2ccc(F)c(Cl)c2)nc(C(O)(CNC(=O)C2=CC(OC)C(OCCO)C=C2)C(F)(F)F)c1. The topological polar surface area (TPSA) is 166 Å². The van der Waals surface area contributed by atoms with Gasteiger partial charge in [-0.3, -0.25) is 4.79 Å². The van der Waals surface area contributed by atoms with Crippen molar-refractivity contribution in [1.29, 1.82) is 0 Å². The molecule has 1 aliphatic carbocycles. The third kappa shape index (κ3) is 9.57. The Morgan fingerprint density at radius 3 is 2.36 bits per heavy atom. The fourth-order valence-corrected chi connectivity index (χ4v) is 5.40. The summed E-state index contributed by atoms with van der Waals surface area (Å²) in [6.45, 7) is -0.911. The monoisotopic (exact) mass is 765 g/mol. The van der Waals surface area contributed by atoms with Crippen molar-refractivity contribution < 1.29 is 61.1 Å². The lowest BCUT2D eigenvalue weighted by Gasteiger charge is -2.33. The summed E-state index contributed by atoms with van der Waals surface area (Å²) in [4.78, 5) is 43.5. The normalized spacial score (nSPS) is 17.9. The smallest absolute Gasteiger partial charge is 0.424 e. The number of aliphatic hydroxyl groups excluding tert-OH is 1. The number of nitrogens with zero attached hydrogens (tertiary/aromatic N) is 1. The summed E-state index contributed by atoms with van der Waals surface area (Å²) in [6.07, 6.45) is -4.21. The van der Waals surface area contributed by atoms with Crippen molar-refractivity contribution in [1.82, 2.24) is 15.6 Å². The first-order valence-corrected chi connectivity index (χ1v) is 16.2. The number of hydrogen-bond acceptors (Lipinski definition) is 10. The summed E-state index contributed by atoms with van der Waals surface area (Å²) in [5, 5.41) is 24.5. The van der Waals surface area contributed by atoms with Crippen LogP contribution in [0.3, 0.4) is 0 Å². The summed E-state index contributed by atoms with van der Waals surface area (Å²) in [5.41, 5.74) is -7.58. The molecule has 4 N–H and O–H groups in total. The molecule has 0 radical (unpaired) electrons. The number of alkyl halides is 3. The number of aromatic nitrogens is 1. The fourth-order valence-electron chi connectivity index (χ4n) is 5.22. The van der Waals surface area contributed by atoms with E-state index in [4.69, 9.17) is 35.7 Å². The number of rotatable bonds is 14. The molecule has 12 nitrogen and oxygen atoms in total. The highest BCUT2D eigenvalue weighted by Gasteiger charge is 2.57. The zero-order valence-corrected chi connectivity index (χ0v) is 29.3. The number of carbonyl (C=O) groups excluding carboxylic acids is 3. The number of pyridine rings is 1. The summed E-state index contributed by atoms with van der Waals surface area (Å²) in [5.74, 6) is -3.03. The molecule has 0 fully saturated rings. The average Bonchev–Trinajstić information content (AvgIpc) is 3.15. The molecule has 0 bridgehead atoms. The summed E-state index contributed by atoms with van der Waals surface area (Å²) >= 11 is 5.97. The second-order valence-corrected chi connectivity index (χ2v) is 12.2. The Balaban J connectivity index is 1.77. The van der Waals surface area contributed by atoms with Gasteiger partial charge in [0, 0.05) is 18.2 Å². The van der Waals surface area contributed by atoms with Crippen LogP contribution < -0.4 is 10.6 Å². The van der Waals surface area contributed by atoms with Crippen LogP contribution in [-0.4, -0.2) is 85.5 Å². The highest BCUT2D eigenvalue weighted by Crippen LogP contribution is 2.41. The quantitative estimate of drug-likeness (QED) is 0.135. The van der Waals surface area contributed by atoms with Gasteiger partial charge in [-0.2, -0.15) is 13.2 Å². The lowest BCUT2D eigenvalue weighted by molar-refractivity contribution is -0.265. The molecule has 284 valence electrons. The van der Waals surface area contributed by atoms with Gasteiger partial charge in [0.1, 0.15) is 24.6 Å². The highest BCUT2D eigenvalue weighted by atomic mass is 35.5. The van der Waals surface area contributed by atoms with Gasteiger partial charge in [-0.25, -0.2) is 19.0 Å². The molecule has 2 aromatic carbocycles. The predicted octanol–water partition coefficient (Wildman–Crippen LogP) is 4.61. The Hall–Kier alpha value is -4.87. The molecule has 0 aliphatic heterocycles. The molecule has 1 aromatic heterocycles. The van der Waals surface area contributed by atoms with E-state index in [0.717, 1.165) is 38.3 Å². The van der Waals surface area contributed by atoms with Gasteiger partial charge in [-0.1, -0.05) is 54.1 Å². The zero-order valence-electron chi connectivity index (χ0n) is 28.6. The van der Waals surface area contributed by atoms with E-state index in [-0.39, 0.29) is 42.2 Å². The standard InChI is InChI=1S/C36H36ClF4N3O9/c1-34(32(47)51-3,44-33(48)53-19-21-7-5-4-6-8-21)24-17-27(22-9-11-26(38)25(37)15-22)43-30(18-24)35(49,36(39,40)41)20-42-31(46)23-10-12-28(52-14-13-45)29(16-23)50-2/h4-12,15-18,28-29,45,49H,13-14,19-20H2,1-3H3,(H,42,46)(H,44,48). The third-order valence-corrected chi connectivity index (χ3v) is 8.53. The van der Waals surface area contributed by atoms with Crippen LogP contribution in [0.4, 0.5) is 22.4 Å². The third-order valence-electron chi connectivity index (χ3n) is 8.24. The number of aliphatic hydroxyl groups is 2. The molecule has 2 amide bonds. The molecule has 0 spiro atoms. The van der Waals surface area contributed by atoms with Gasteiger partial charge in [-0.15, -0.1) is 0 Å². The Kier molecular flexibility index (Phi) is 13.4. The molecule has 3 aromatic rings. The molecular formula is C36H36ClF4N3O9. The van der Waals surface area contributed by atoms with Gasteiger partial charge in [-0.05, 0) is 54.5 Å². The number of nitrogens with one attached hydrogen (secondary N) is 2. The molecule has 1 heterocycles. The largest absolute Gasteiger partial charge is 0.467 e. The van der Waals surface area contributed by atoms with Crippen LogP contribution in [0.25, 0.3) is 11.3 Å². The molecule has 4 rings (SSSR count). The summed E-state index contributed by atoms with van der Waals surface area (Å²) < 4.78 is 79.9. The number of methoxy groups -OCH3 is 2. The second-order valence-electron chi connectivity index (χ2n) is 11.8. The lowest BCUT2D eigenvalue weighted by atomic mass is 9.87. The van der Waals surface area contributed by atoms with E-state index in [9.17, 15) is 37.1 Å². The van der Waals surface area contributed by atoms with Crippen molar-refractivity contribution in [3.8, 4) is 11.3 Å². The van der Waals surface area contributed by atoms with Gasteiger partial charge in [0.2, 0.25) is 5.60 Å². The number of benzene rings is 2. The molecule has 0 saturated carbocycles. The van der Waals surface area contributed by atoms with Crippen molar-refractivity contribution in [3.63, 3.8) is 0 Å². The van der Waals surface area contributed by atoms with Crippen LogP contribution in [0.15, 0.2) is 84.5 Å². The van der Waals surface area contributed by atoms with Crippen molar-refractivity contribution in [2.45, 2.75) is 43.1 Å². The van der Waals surface area contributed by atoms with Crippen LogP contribution in [0, 0.1) is 5.82 Å². The maximum Gasteiger partial charge on any atom is 0.424 e. The number of carbonyl (C=O) groups is 3. The number of alkyl carbamates (subject to hydrolysis) is 1. The number of ether oxygens (including phenoxy) is 4. The molecule has 53 heavy (non-hydrogen) atoms. The molecule has 0 saturated heterocycles. The van der Waals surface area contributed by atoms with Crippen molar-refractivity contribution in [2.75, 3.05) is 34.0 Å². The summed E-state index contributed by atoms with van der Waals surface area (Å²) in [6, 6.07) is 13.4. The molecule has 4 unspecified atom stereocenters. The van der Waals surface area contributed by atoms with E-state index in [1.807, 2.05) is 0 Å². The molecule has 4 atom stereocenters. The van der Waals surface area contributed by atoms with E-state index >= 15 is 0 Å². The molecule has 17 heteroatoms. The number of halogens is 5. The Morgan fingerprint density at radius 1 is 1.02 bits per heavy atom. The van der Waals surface area contributed by atoms with Crippen LogP contribution >= 0.6 is 11.6 Å². The minimum absolute atomic E-state index is 0.0343. The van der Waals surface area contributed by atoms with E-state index in [1.54, 1.807) is 30.3 Å². The predicted molar refractivity (Wildman–Crippen MR) is 182 cm³/mol. The van der Waals surface area contributed by atoms with Crippen molar-refractivity contribution in [3.05, 3.63) is 112 Å². The van der Waals surface area contributed by atoms with E-state index < -0.39 is 70.6 Å². The summed E-state index contributed by atoms with van der Waals surface area (Å²) in [7, 11) is 2.30. The van der Waals surface area contributed by atoms with Gasteiger partial charge >= 0.3 is 18.2 Å². The first kappa shape index (κ1) is 40.9. The minimum atomic E-state index is -5.51. The first-order valence-electron chi connectivity index (χ1n) is 15.8. The first-order chi connectivity index (χ1) is 25.1. The number of esters is 1. The van der Waals surface area contributed by atoms with Crippen LogP contribution in [-0.2, 0) is 46.3 Å². The van der Waals surface area contributed by atoms with Crippen LogP contribution in [0.2, 0.25) is 5.02 Å². The Labute approximate surface area is 306 Å². The highest BCUT2D eigenvalue weighted by molar-refractivity contribution is 6.31. The van der Waals surface area contributed by atoms with Gasteiger partial charge < -0.3 is 39.8 Å². The van der Waals surface area contributed by atoms with E-state index in [0.29, 0.717) is 11.6 Å². The Bertz CT molecular complexity index is 1860. The van der Waals surface area contributed by atoms with Gasteiger partial charge in [0.15, 0.2) is 5.54 Å². The van der Waals surface area contributed by atoms with Crippen LogP contribution in [0.1, 0.15) is 23.7 Å². The molecule has 1 aliphatic rings. The lowest BCUT2D eigenvalue weighted by Crippen LogP contribution is -2.53. The average molecular weight is 766 g/mol. The maximum absolute atomic E-state index is 15.0. The van der Waals surface area contributed by atoms with Crippen molar-refractivity contribution >= 4 is 29.6 Å². The van der Waals surface area contributed by atoms with Crippen LogP contribution in [0.5, 0.6) is 0 Å².